The lowest BCUT2D eigenvalue weighted by Gasteiger charge is -2.37. The molecule has 6 heteroatoms. The van der Waals surface area contributed by atoms with Crippen molar-refractivity contribution in [1.29, 1.82) is 0 Å². The van der Waals surface area contributed by atoms with Gasteiger partial charge in [-0.3, -0.25) is 0 Å². The van der Waals surface area contributed by atoms with E-state index in [-0.39, 0.29) is 24.5 Å². The lowest BCUT2D eigenvalue weighted by molar-refractivity contribution is -0.168. The second-order valence-corrected chi connectivity index (χ2v) is 6.84. The molecule has 0 saturated carbocycles. The summed E-state index contributed by atoms with van der Waals surface area (Å²) in [6, 6.07) is 8.62. The van der Waals surface area contributed by atoms with E-state index in [2.05, 4.69) is 5.32 Å². The molecule has 6 nitrogen and oxygen atoms in total. The van der Waals surface area contributed by atoms with E-state index in [1.807, 2.05) is 51.1 Å². The van der Waals surface area contributed by atoms with E-state index in [4.69, 9.17) is 14.2 Å². The van der Waals surface area contributed by atoms with Crippen molar-refractivity contribution in [2.24, 2.45) is 11.3 Å². The number of hydrogen-bond acceptors (Lipinski definition) is 5. The molecule has 1 aliphatic rings. The van der Waals surface area contributed by atoms with Gasteiger partial charge in [-0.2, -0.15) is 0 Å². The Morgan fingerprint density at radius 2 is 1.88 bits per heavy atom. The van der Waals surface area contributed by atoms with Crippen LogP contribution in [-0.2, 0) is 25.6 Å². The molecule has 0 aromatic heterocycles. The Labute approximate surface area is 142 Å². The molecule has 0 radical (unpaired) electrons. The first-order valence-electron chi connectivity index (χ1n) is 8.11. The lowest BCUT2D eigenvalue weighted by Crippen LogP contribution is -2.48. The molecule has 24 heavy (non-hydrogen) atoms. The SMILES string of the molecule is CC(C)[C@H](NC(=O)OCc1ccccc1)C(=O)OCC1(C)COC1. The van der Waals surface area contributed by atoms with Gasteiger partial charge in [-0.05, 0) is 11.5 Å². The summed E-state index contributed by atoms with van der Waals surface area (Å²) in [6.07, 6.45) is -0.632. The van der Waals surface area contributed by atoms with Crippen molar-refractivity contribution in [2.45, 2.75) is 33.4 Å². The van der Waals surface area contributed by atoms with Gasteiger partial charge in [0.25, 0.3) is 0 Å². The highest BCUT2D eigenvalue weighted by Crippen LogP contribution is 2.26. The summed E-state index contributed by atoms with van der Waals surface area (Å²) < 4.78 is 15.6. The van der Waals surface area contributed by atoms with Crippen molar-refractivity contribution < 1.29 is 23.8 Å². The fourth-order valence-corrected chi connectivity index (χ4v) is 2.26. The van der Waals surface area contributed by atoms with Crippen molar-refractivity contribution in [3.63, 3.8) is 0 Å². The fourth-order valence-electron chi connectivity index (χ4n) is 2.26. The molecular formula is C18H25NO5. The summed E-state index contributed by atoms with van der Waals surface area (Å²) in [6.45, 7) is 7.29. The summed E-state index contributed by atoms with van der Waals surface area (Å²) in [5.41, 5.74) is 0.764. The van der Waals surface area contributed by atoms with Gasteiger partial charge in [-0.25, -0.2) is 9.59 Å². The van der Waals surface area contributed by atoms with Crippen LogP contribution in [-0.4, -0.2) is 37.9 Å². The van der Waals surface area contributed by atoms with Crippen molar-refractivity contribution in [2.75, 3.05) is 19.8 Å². The number of benzene rings is 1. The molecule has 1 aliphatic heterocycles. The summed E-state index contributed by atoms with van der Waals surface area (Å²) >= 11 is 0. The van der Waals surface area contributed by atoms with Crippen molar-refractivity contribution in [3.05, 3.63) is 35.9 Å². The second kappa shape index (κ2) is 8.15. The zero-order valence-corrected chi connectivity index (χ0v) is 14.4. The van der Waals surface area contributed by atoms with E-state index in [9.17, 15) is 9.59 Å². The van der Waals surface area contributed by atoms with Crippen LogP contribution in [0.25, 0.3) is 0 Å². The van der Waals surface area contributed by atoms with Gasteiger partial charge in [-0.15, -0.1) is 0 Å². The monoisotopic (exact) mass is 335 g/mol. The number of carbonyl (C=O) groups is 2. The molecule has 2 rings (SSSR count). The molecule has 1 fully saturated rings. The van der Waals surface area contributed by atoms with Crippen molar-refractivity contribution >= 4 is 12.1 Å². The number of hydrogen-bond donors (Lipinski definition) is 1. The van der Waals surface area contributed by atoms with Crippen LogP contribution in [0.2, 0.25) is 0 Å². The smallest absolute Gasteiger partial charge is 0.408 e. The van der Waals surface area contributed by atoms with Crippen LogP contribution in [0, 0.1) is 11.3 Å². The number of carbonyl (C=O) groups excluding carboxylic acids is 2. The Morgan fingerprint density at radius 1 is 1.21 bits per heavy atom. The molecule has 1 heterocycles. The molecule has 1 amide bonds. The Kier molecular flexibility index (Phi) is 6.20. The van der Waals surface area contributed by atoms with Crippen LogP contribution < -0.4 is 5.32 Å². The van der Waals surface area contributed by atoms with Crippen molar-refractivity contribution in [3.8, 4) is 0 Å². The Hall–Kier alpha value is -2.08. The molecule has 1 aromatic carbocycles. The average Bonchev–Trinajstić information content (AvgIpc) is 2.54. The molecule has 0 unspecified atom stereocenters. The molecule has 0 bridgehead atoms. The summed E-state index contributed by atoms with van der Waals surface area (Å²) in [4.78, 5) is 24.2. The highest BCUT2D eigenvalue weighted by atomic mass is 16.6. The predicted octanol–water partition coefficient (Wildman–Crippen LogP) is 2.52. The average molecular weight is 335 g/mol. The number of ether oxygens (including phenoxy) is 3. The van der Waals surface area contributed by atoms with E-state index < -0.39 is 18.1 Å². The maximum absolute atomic E-state index is 12.2. The first kappa shape index (κ1) is 18.3. The first-order valence-corrected chi connectivity index (χ1v) is 8.11. The minimum absolute atomic E-state index is 0.104. The van der Waals surface area contributed by atoms with E-state index in [1.54, 1.807) is 0 Å². The summed E-state index contributed by atoms with van der Waals surface area (Å²) in [5.74, 6) is -0.554. The van der Waals surface area contributed by atoms with E-state index in [0.717, 1.165) is 5.56 Å². The van der Waals surface area contributed by atoms with E-state index in [1.165, 1.54) is 0 Å². The fraction of sp³-hybridized carbons (Fsp3) is 0.556. The molecule has 0 spiro atoms. The zero-order chi connectivity index (χ0) is 17.6. The Bertz CT molecular complexity index is 554. The molecule has 1 atom stereocenters. The molecule has 0 aliphatic carbocycles. The third kappa shape index (κ3) is 5.23. The number of alkyl carbamates (subject to hydrolysis) is 1. The molecule has 132 valence electrons. The number of nitrogens with one attached hydrogen (secondary N) is 1. The van der Waals surface area contributed by atoms with E-state index >= 15 is 0 Å². The van der Waals surface area contributed by atoms with Gasteiger partial charge in [-0.1, -0.05) is 51.1 Å². The van der Waals surface area contributed by atoms with Gasteiger partial charge in [0.05, 0.1) is 13.2 Å². The van der Waals surface area contributed by atoms with Gasteiger partial charge in [0, 0.05) is 5.41 Å². The van der Waals surface area contributed by atoms with Gasteiger partial charge in [0.15, 0.2) is 0 Å². The molecule has 1 N–H and O–H groups in total. The number of rotatable bonds is 7. The maximum Gasteiger partial charge on any atom is 0.408 e. The topological polar surface area (TPSA) is 73.9 Å². The standard InChI is InChI=1S/C18H25NO5/c1-13(2)15(16(20)24-12-18(3)10-22-11-18)19-17(21)23-9-14-7-5-4-6-8-14/h4-8,13,15H,9-12H2,1-3H3,(H,19,21)/t15-/m0/s1. The number of esters is 1. The van der Waals surface area contributed by atoms with Crippen LogP contribution in [0.3, 0.4) is 0 Å². The zero-order valence-electron chi connectivity index (χ0n) is 14.4. The minimum Gasteiger partial charge on any atom is -0.463 e. The van der Waals surface area contributed by atoms with Gasteiger partial charge in [0.1, 0.15) is 19.3 Å². The highest BCUT2D eigenvalue weighted by Gasteiger charge is 2.36. The Morgan fingerprint density at radius 3 is 2.42 bits per heavy atom. The highest BCUT2D eigenvalue weighted by molar-refractivity contribution is 5.81. The number of amides is 1. The van der Waals surface area contributed by atoms with Gasteiger partial charge < -0.3 is 19.5 Å². The summed E-state index contributed by atoms with van der Waals surface area (Å²) in [7, 11) is 0. The maximum atomic E-state index is 12.2. The van der Waals surface area contributed by atoms with Crippen LogP contribution in [0.15, 0.2) is 30.3 Å². The third-order valence-corrected chi connectivity index (χ3v) is 3.87. The quantitative estimate of drug-likeness (QED) is 0.775. The van der Waals surface area contributed by atoms with Crippen LogP contribution >= 0.6 is 0 Å². The van der Waals surface area contributed by atoms with Gasteiger partial charge in [0.2, 0.25) is 0 Å². The predicted molar refractivity (Wildman–Crippen MR) is 88.3 cm³/mol. The minimum atomic E-state index is -0.738. The third-order valence-electron chi connectivity index (χ3n) is 3.87. The molecular weight excluding hydrogens is 310 g/mol. The van der Waals surface area contributed by atoms with Crippen LogP contribution in [0.1, 0.15) is 26.3 Å². The second-order valence-electron chi connectivity index (χ2n) is 6.84. The lowest BCUT2D eigenvalue weighted by atomic mass is 9.90. The van der Waals surface area contributed by atoms with Crippen molar-refractivity contribution in [1.82, 2.24) is 5.32 Å². The van der Waals surface area contributed by atoms with E-state index in [0.29, 0.717) is 13.2 Å². The summed E-state index contributed by atoms with van der Waals surface area (Å²) in [5, 5.41) is 2.59. The largest absolute Gasteiger partial charge is 0.463 e. The normalized spacial score (nSPS) is 16.8. The first-order chi connectivity index (χ1) is 11.4. The molecule has 1 aromatic rings. The van der Waals surface area contributed by atoms with Gasteiger partial charge >= 0.3 is 12.1 Å². The van der Waals surface area contributed by atoms with Crippen LogP contribution in [0.5, 0.6) is 0 Å². The van der Waals surface area contributed by atoms with Crippen LogP contribution in [0.4, 0.5) is 4.79 Å². The molecule has 1 saturated heterocycles. The Balaban J connectivity index is 1.80.